The van der Waals surface area contributed by atoms with Crippen LogP contribution in [-0.4, -0.2) is 14.6 Å². The fourth-order valence-corrected chi connectivity index (χ4v) is 2.54. The van der Waals surface area contributed by atoms with Gasteiger partial charge in [0.05, 0.1) is 4.90 Å². The molecule has 20 heavy (non-hydrogen) atoms. The summed E-state index contributed by atoms with van der Waals surface area (Å²) in [6.45, 7) is 3.57. The summed E-state index contributed by atoms with van der Waals surface area (Å²) < 4.78 is 40.6. The fourth-order valence-electron chi connectivity index (χ4n) is 1.68. The van der Waals surface area contributed by atoms with E-state index in [0.717, 1.165) is 5.56 Å². The Morgan fingerprint density at radius 3 is 2.30 bits per heavy atom. The molecule has 0 aliphatic carbocycles. The van der Waals surface area contributed by atoms with Crippen LogP contribution in [0.15, 0.2) is 51.8 Å². The molecule has 0 amide bonds. The molecule has 2 aromatic carbocycles. The Bertz CT molecular complexity index is 750. The minimum absolute atomic E-state index is 0.138. The van der Waals surface area contributed by atoms with Crippen LogP contribution >= 0.6 is 0 Å². The van der Waals surface area contributed by atoms with Crippen LogP contribution in [-0.2, 0) is 10.0 Å². The van der Waals surface area contributed by atoms with Gasteiger partial charge in [-0.3, -0.25) is 0 Å². The Labute approximate surface area is 117 Å². The molecule has 0 saturated heterocycles. The number of hydrogen-bond acceptors (Lipinski definition) is 2. The molecule has 104 valence electrons. The number of nitrogens with zero attached hydrogens (tertiary/aromatic N) is 1. The predicted octanol–water partition coefficient (Wildman–Crippen LogP) is 3.25. The molecule has 0 aliphatic rings. The third kappa shape index (κ3) is 3.30. The van der Waals surface area contributed by atoms with E-state index in [4.69, 9.17) is 0 Å². The fraction of sp³-hybridized carbons (Fsp3) is 0.133. The standard InChI is InChI=1S/C15H14FNO2S/c1-11-3-7-15(8-4-11)20(18,19)17-10-13-5-6-14(16)9-12(13)2/h3-10H,1-2H3. The Morgan fingerprint density at radius 2 is 1.70 bits per heavy atom. The smallest absolute Gasteiger partial charge is 0.207 e. The van der Waals surface area contributed by atoms with Gasteiger partial charge in [-0.2, -0.15) is 12.8 Å². The van der Waals surface area contributed by atoms with Crippen LogP contribution in [0, 0.1) is 19.7 Å². The van der Waals surface area contributed by atoms with Crippen molar-refractivity contribution in [3.05, 3.63) is 65.0 Å². The van der Waals surface area contributed by atoms with Gasteiger partial charge < -0.3 is 0 Å². The van der Waals surface area contributed by atoms with Crippen molar-refractivity contribution in [2.75, 3.05) is 0 Å². The van der Waals surface area contributed by atoms with E-state index >= 15 is 0 Å². The maximum absolute atomic E-state index is 13.0. The third-order valence-corrected chi connectivity index (χ3v) is 4.13. The monoisotopic (exact) mass is 291 g/mol. The van der Waals surface area contributed by atoms with Gasteiger partial charge in [-0.15, -0.1) is 0 Å². The van der Waals surface area contributed by atoms with E-state index in [1.165, 1.54) is 36.5 Å². The van der Waals surface area contributed by atoms with Crippen LogP contribution in [0.5, 0.6) is 0 Å². The van der Waals surface area contributed by atoms with Gasteiger partial charge in [0, 0.05) is 6.21 Å². The lowest BCUT2D eigenvalue weighted by atomic mass is 10.1. The van der Waals surface area contributed by atoms with Crippen molar-refractivity contribution in [3.63, 3.8) is 0 Å². The van der Waals surface area contributed by atoms with E-state index in [9.17, 15) is 12.8 Å². The number of rotatable bonds is 3. The zero-order chi connectivity index (χ0) is 14.8. The molecule has 0 atom stereocenters. The molecule has 0 bridgehead atoms. The quantitative estimate of drug-likeness (QED) is 0.815. The lowest BCUT2D eigenvalue weighted by Gasteiger charge is -2.01. The van der Waals surface area contributed by atoms with E-state index in [1.54, 1.807) is 19.1 Å². The molecule has 0 aromatic heterocycles. The van der Waals surface area contributed by atoms with E-state index in [2.05, 4.69) is 4.40 Å². The van der Waals surface area contributed by atoms with Crippen molar-refractivity contribution in [2.24, 2.45) is 4.40 Å². The molecular formula is C15H14FNO2S. The van der Waals surface area contributed by atoms with Crippen molar-refractivity contribution >= 4 is 16.2 Å². The molecule has 0 radical (unpaired) electrons. The average Bonchev–Trinajstić information content (AvgIpc) is 2.38. The molecular weight excluding hydrogens is 277 g/mol. The highest BCUT2D eigenvalue weighted by Crippen LogP contribution is 2.14. The zero-order valence-corrected chi connectivity index (χ0v) is 12.0. The van der Waals surface area contributed by atoms with Gasteiger partial charge in [-0.05, 0) is 49.2 Å². The molecule has 0 N–H and O–H groups in total. The number of halogens is 1. The normalized spacial score (nSPS) is 11.9. The van der Waals surface area contributed by atoms with Crippen LogP contribution in [0.25, 0.3) is 0 Å². The second kappa shape index (κ2) is 5.54. The van der Waals surface area contributed by atoms with Crippen LogP contribution in [0.2, 0.25) is 0 Å². The number of aryl methyl sites for hydroxylation is 2. The summed E-state index contributed by atoms with van der Waals surface area (Å²) in [5.74, 6) is -0.360. The maximum atomic E-state index is 13.0. The van der Waals surface area contributed by atoms with Crippen molar-refractivity contribution in [2.45, 2.75) is 18.7 Å². The molecule has 3 nitrogen and oxygen atoms in total. The summed E-state index contributed by atoms with van der Waals surface area (Å²) in [7, 11) is -3.73. The van der Waals surface area contributed by atoms with E-state index in [-0.39, 0.29) is 10.7 Å². The first kappa shape index (κ1) is 14.4. The Morgan fingerprint density at radius 1 is 1.05 bits per heavy atom. The van der Waals surface area contributed by atoms with Crippen LogP contribution in [0.4, 0.5) is 4.39 Å². The van der Waals surface area contributed by atoms with E-state index in [1.807, 2.05) is 6.92 Å². The largest absolute Gasteiger partial charge is 0.282 e. The van der Waals surface area contributed by atoms with E-state index in [0.29, 0.717) is 11.1 Å². The van der Waals surface area contributed by atoms with Gasteiger partial charge >= 0.3 is 0 Å². The predicted molar refractivity (Wildman–Crippen MR) is 77.1 cm³/mol. The van der Waals surface area contributed by atoms with Gasteiger partial charge in [0.1, 0.15) is 5.82 Å². The highest BCUT2D eigenvalue weighted by atomic mass is 32.2. The number of benzene rings is 2. The first-order valence-electron chi connectivity index (χ1n) is 6.02. The van der Waals surface area contributed by atoms with Crippen molar-refractivity contribution in [1.29, 1.82) is 0 Å². The van der Waals surface area contributed by atoms with Crippen molar-refractivity contribution < 1.29 is 12.8 Å². The summed E-state index contributed by atoms with van der Waals surface area (Å²) in [4.78, 5) is 0.138. The molecule has 0 unspecified atom stereocenters. The van der Waals surface area contributed by atoms with Gasteiger partial charge in [0.15, 0.2) is 0 Å². The third-order valence-electron chi connectivity index (χ3n) is 2.88. The highest BCUT2D eigenvalue weighted by molar-refractivity contribution is 7.90. The maximum Gasteiger partial charge on any atom is 0.282 e. The van der Waals surface area contributed by atoms with E-state index < -0.39 is 10.0 Å². The molecule has 5 heteroatoms. The topological polar surface area (TPSA) is 46.5 Å². The summed E-state index contributed by atoms with van der Waals surface area (Å²) in [6.07, 6.45) is 1.24. The summed E-state index contributed by atoms with van der Waals surface area (Å²) in [6, 6.07) is 10.6. The van der Waals surface area contributed by atoms with Crippen molar-refractivity contribution in [3.8, 4) is 0 Å². The molecule has 0 aliphatic heterocycles. The first-order valence-corrected chi connectivity index (χ1v) is 7.46. The second-order valence-electron chi connectivity index (χ2n) is 4.52. The second-order valence-corrected chi connectivity index (χ2v) is 6.16. The summed E-state index contributed by atoms with van der Waals surface area (Å²) in [5.41, 5.74) is 2.18. The zero-order valence-electron chi connectivity index (χ0n) is 11.2. The van der Waals surface area contributed by atoms with Crippen LogP contribution < -0.4 is 0 Å². The van der Waals surface area contributed by atoms with Crippen molar-refractivity contribution in [1.82, 2.24) is 0 Å². The Hall–Kier alpha value is -2.01. The lowest BCUT2D eigenvalue weighted by molar-refractivity contribution is 0.598. The number of sulfonamides is 1. The van der Waals surface area contributed by atoms with Gasteiger partial charge in [-0.1, -0.05) is 23.8 Å². The van der Waals surface area contributed by atoms with Gasteiger partial charge in [0.2, 0.25) is 0 Å². The molecule has 0 spiro atoms. The Kier molecular flexibility index (Phi) is 3.99. The Balaban J connectivity index is 2.32. The highest BCUT2D eigenvalue weighted by Gasteiger charge is 2.11. The SMILES string of the molecule is Cc1ccc(S(=O)(=O)N=Cc2ccc(F)cc2C)cc1. The minimum Gasteiger partial charge on any atom is -0.207 e. The first-order chi connectivity index (χ1) is 9.38. The molecule has 2 rings (SSSR count). The van der Waals surface area contributed by atoms with Gasteiger partial charge in [0.25, 0.3) is 10.0 Å². The average molecular weight is 291 g/mol. The number of hydrogen-bond donors (Lipinski definition) is 0. The van der Waals surface area contributed by atoms with Crippen LogP contribution in [0.3, 0.4) is 0 Å². The molecule has 0 fully saturated rings. The molecule has 0 heterocycles. The lowest BCUT2D eigenvalue weighted by Crippen LogP contribution is -1.98. The van der Waals surface area contributed by atoms with Crippen LogP contribution in [0.1, 0.15) is 16.7 Å². The minimum atomic E-state index is -3.73. The summed E-state index contributed by atoms with van der Waals surface area (Å²) in [5, 5.41) is 0. The molecule has 2 aromatic rings. The molecule has 0 saturated carbocycles. The van der Waals surface area contributed by atoms with Gasteiger partial charge in [-0.25, -0.2) is 4.39 Å². The summed E-state index contributed by atoms with van der Waals surface area (Å²) >= 11 is 0.